The van der Waals surface area contributed by atoms with Gasteiger partial charge in [0.05, 0.1) is 0 Å². The van der Waals surface area contributed by atoms with Crippen LogP contribution in [0, 0.1) is 0 Å². The van der Waals surface area contributed by atoms with E-state index in [0.717, 1.165) is 70.6 Å². The number of hydrogen-bond donors (Lipinski definition) is 0. The molecule has 0 aliphatic rings. The summed E-state index contributed by atoms with van der Waals surface area (Å²) in [5.41, 5.74) is 0. The van der Waals surface area contributed by atoms with Crippen molar-refractivity contribution < 1.29 is 28.6 Å². The summed E-state index contributed by atoms with van der Waals surface area (Å²) in [7, 11) is 0. The van der Waals surface area contributed by atoms with Gasteiger partial charge >= 0.3 is 17.9 Å². The van der Waals surface area contributed by atoms with Crippen LogP contribution in [0.5, 0.6) is 0 Å². The lowest BCUT2D eigenvalue weighted by Crippen LogP contribution is -2.30. The van der Waals surface area contributed by atoms with E-state index >= 15 is 0 Å². The third kappa shape index (κ3) is 48.8. The summed E-state index contributed by atoms with van der Waals surface area (Å²) in [5, 5.41) is 0. The van der Waals surface area contributed by atoms with Gasteiger partial charge < -0.3 is 14.2 Å². The Hall–Kier alpha value is -2.11. The van der Waals surface area contributed by atoms with Crippen molar-refractivity contribution in [3.05, 3.63) is 24.3 Å². The average molecular weight is 859 g/mol. The lowest BCUT2D eigenvalue weighted by molar-refractivity contribution is -0.167. The summed E-state index contributed by atoms with van der Waals surface area (Å²) in [6.45, 7) is 6.64. The highest BCUT2D eigenvalue weighted by Gasteiger charge is 2.19. The predicted molar refractivity (Wildman–Crippen MR) is 261 cm³/mol. The van der Waals surface area contributed by atoms with Crippen molar-refractivity contribution in [2.24, 2.45) is 0 Å². The lowest BCUT2D eigenvalue weighted by Gasteiger charge is -2.18. The van der Waals surface area contributed by atoms with Gasteiger partial charge in [0.25, 0.3) is 0 Å². The second-order valence-corrected chi connectivity index (χ2v) is 18.1. The van der Waals surface area contributed by atoms with Crippen LogP contribution in [-0.2, 0) is 28.6 Å². The summed E-state index contributed by atoms with van der Waals surface area (Å²) in [6, 6.07) is 0. The normalized spacial score (nSPS) is 12.1. The summed E-state index contributed by atoms with van der Waals surface area (Å²) in [5.74, 6) is -0.876. The van der Waals surface area contributed by atoms with Crippen LogP contribution in [0.25, 0.3) is 0 Å². The Morgan fingerprint density at radius 1 is 0.311 bits per heavy atom. The van der Waals surface area contributed by atoms with E-state index in [0.29, 0.717) is 19.3 Å². The zero-order chi connectivity index (χ0) is 44.4. The number of carbonyl (C=O) groups is 3. The molecule has 0 atom stereocenters. The molecule has 6 heteroatoms. The fourth-order valence-electron chi connectivity index (χ4n) is 7.84. The summed E-state index contributed by atoms with van der Waals surface area (Å²) in [6.07, 6.45) is 57.3. The highest BCUT2D eigenvalue weighted by molar-refractivity contribution is 5.71. The molecule has 0 amide bonds. The first-order valence-corrected chi connectivity index (χ1v) is 26.8. The van der Waals surface area contributed by atoms with Crippen LogP contribution < -0.4 is 0 Å². The molecule has 0 heterocycles. The molecule has 0 bridgehead atoms. The Labute approximate surface area is 379 Å². The minimum absolute atomic E-state index is 0.0745. The third-order valence-corrected chi connectivity index (χ3v) is 11.9. The van der Waals surface area contributed by atoms with Gasteiger partial charge in [-0.25, -0.2) is 0 Å². The largest absolute Gasteiger partial charge is 0.462 e. The molecule has 0 spiro atoms. The van der Waals surface area contributed by atoms with Gasteiger partial charge in [0.2, 0.25) is 0 Å². The van der Waals surface area contributed by atoms with Gasteiger partial charge in [-0.3, -0.25) is 14.4 Å². The lowest BCUT2D eigenvalue weighted by atomic mass is 10.0. The zero-order valence-electron chi connectivity index (χ0n) is 40.9. The van der Waals surface area contributed by atoms with E-state index in [2.05, 4.69) is 45.1 Å². The van der Waals surface area contributed by atoms with Crippen LogP contribution in [0.1, 0.15) is 290 Å². The Morgan fingerprint density at radius 2 is 0.541 bits per heavy atom. The Balaban J connectivity index is 4.36. The fraction of sp³-hybridized carbons (Fsp3) is 0.873. The van der Waals surface area contributed by atoms with Crippen molar-refractivity contribution in [3.8, 4) is 0 Å². The van der Waals surface area contributed by atoms with Crippen LogP contribution in [0.2, 0.25) is 0 Å². The number of rotatable bonds is 49. The maximum absolute atomic E-state index is 12.8. The molecule has 0 rings (SSSR count). The molecular weight excluding hydrogens is 757 g/mol. The molecule has 0 N–H and O–H groups in total. The predicted octanol–water partition coefficient (Wildman–Crippen LogP) is 17.5. The highest BCUT2D eigenvalue weighted by atomic mass is 16.6. The Bertz CT molecular complexity index is 933. The number of esters is 3. The quantitative estimate of drug-likeness (QED) is 0.0262. The summed E-state index contributed by atoms with van der Waals surface area (Å²) >= 11 is 0. The second kappa shape index (κ2) is 50.5. The summed E-state index contributed by atoms with van der Waals surface area (Å²) in [4.78, 5) is 38.0. The number of carbonyl (C=O) groups excluding carboxylic acids is 3. The highest BCUT2D eigenvalue weighted by Crippen LogP contribution is 2.16. The molecule has 0 unspecified atom stereocenters. The van der Waals surface area contributed by atoms with Crippen LogP contribution in [-0.4, -0.2) is 37.2 Å². The smallest absolute Gasteiger partial charge is 0.306 e. The first-order valence-electron chi connectivity index (χ1n) is 26.8. The molecule has 0 aromatic rings. The minimum atomic E-state index is -0.773. The first-order chi connectivity index (χ1) is 30.0. The van der Waals surface area contributed by atoms with Gasteiger partial charge in [-0.2, -0.15) is 0 Å². The van der Waals surface area contributed by atoms with Gasteiger partial charge in [0, 0.05) is 19.3 Å². The third-order valence-electron chi connectivity index (χ3n) is 11.9. The van der Waals surface area contributed by atoms with E-state index in [1.807, 2.05) is 0 Å². The van der Waals surface area contributed by atoms with Crippen molar-refractivity contribution in [2.75, 3.05) is 13.2 Å². The van der Waals surface area contributed by atoms with Gasteiger partial charge in [-0.15, -0.1) is 0 Å². The standard InChI is InChI=1S/C55H102O6/c1-4-7-10-13-16-19-22-25-27-30-32-35-38-41-44-47-53(56)59-50-52(61-55(58)49-46-43-40-37-34-29-24-21-18-15-12-9-6-3)51-60-54(57)48-45-42-39-36-33-31-28-26-23-20-17-14-11-8-5-2/h25-28,52H,4-24,29-51H2,1-3H3. The molecule has 358 valence electrons. The number of hydrogen-bond acceptors (Lipinski definition) is 6. The average Bonchev–Trinajstić information content (AvgIpc) is 3.26. The number of unbranched alkanes of at least 4 members (excludes halogenated alkanes) is 34. The molecule has 0 radical (unpaired) electrons. The molecule has 0 aliphatic carbocycles. The van der Waals surface area contributed by atoms with E-state index in [9.17, 15) is 14.4 Å². The second-order valence-electron chi connectivity index (χ2n) is 18.1. The molecule has 0 saturated heterocycles. The van der Waals surface area contributed by atoms with Gasteiger partial charge in [0.15, 0.2) is 6.10 Å². The monoisotopic (exact) mass is 859 g/mol. The SMILES string of the molecule is CCCCCCCCC=CCCCCCCCC(=O)OCC(COC(=O)CCCCCCCC=CCCCCCCCC)OC(=O)CCCCCCCCCCCCCCC. The van der Waals surface area contributed by atoms with Crippen molar-refractivity contribution in [3.63, 3.8) is 0 Å². The van der Waals surface area contributed by atoms with Crippen molar-refractivity contribution >= 4 is 17.9 Å². The molecular formula is C55H102O6. The molecule has 0 aromatic heterocycles. The zero-order valence-corrected chi connectivity index (χ0v) is 40.9. The van der Waals surface area contributed by atoms with Crippen LogP contribution in [0.4, 0.5) is 0 Å². The van der Waals surface area contributed by atoms with Crippen molar-refractivity contribution in [2.45, 2.75) is 297 Å². The van der Waals surface area contributed by atoms with Gasteiger partial charge in [0.1, 0.15) is 13.2 Å². The molecule has 0 fully saturated rings. The van der Waals surface area contributed by atoms with E-state index in [1.54, 1.807) is 0 Å². The number of allylic oxidation sites excluding steroid dienone is 4. The first kappa shape index (κ1) is 58.9. The van der Waals surface area contributed by atoms with Crippen LogP contribution in [0.3, 0.4) is 0 Å². The van der Waals surface area contributed by atoms with E-state index < -0.39 is 6.10 Å². The maximum atomic E-state index is 12.8. The molecule has 0 saturated carbocycles. The van der Waals surface area contributed by atoms with Gasteiger partial charge in [-0.1, -0.05) is 225 Å². The Kier molecular flexibility index (Phi) is 48.8. The van der Waals surface area contributed by atoms with Crippen molar-refractivity contribution in [1.82, 2.24) is 0 Å². The van der Waals surface area contributed by atoms with E-state index in [-0.39, 0.29) is 31.1 Å². The molecule has 6 nitrogen and oxygen atoms in total. The van der Waals surface area contributed by atoms with Gasteiger partial charge in [-0.05, 0) is 70.6 Å². The Morgan fingerprint density at radius 3 is 0.820 bits per heavy atom. The molecule has 0 aliphatic heterocycles. The van der Waals surface area contributed by atoms with Crippen LogP contribution in [0.15, 0.2) is 24.3 Å². The van der Waals surface area contributed by atoms with Crippen LogP contribution >= 0.6 is 0 Å². The van der Waals surface area contributed by atoms with E-state index in [1.165, 1.54) is 180 Å². The summed E-state index contributed by atoms with van der Waals surface area (Å²) < 4.78 is 16.8. The number of ether oxygens (including phenoxy) is 3. The van der Waals surface area contributed by atoms with E-state index in [4.69, 9.17) is 14.2 Å². The molecule has 0 aromatic carbocycles. The fourth-order valence-corrected chi connectivity index (χ4v) is 7.84. The maximum Gasteiger partial charge on any atom is 0.306 e. The minimum Gasteiger partial charge on any atom is -0.462 e. The van der Waals surface area contributed by atoms with Crippen molar-refractivity contribution in [1.29, 1.82) is 0 Å². The molecule has 61 heavy (non-hydrogen) atoms. The topological polar surface area (TPSA) is 78.9 Å².